The highest BCUT2D eigenvalue weighted by Crippen LogP contribution is 2.17. The molecule has 3 rings (SSSR count). The Labute approximate surface area is 150 Å². The summed E-state index contributed by atoms with van der Waals surface area (Å²) in [6.07, 6.45) is 0.128. The second-order valence-electron chi connectivity index (χ2n) is 6.13. The molecule has 8 nitrogen and oxygen atoms in total. The van der Waals surface area contributed by atoms with Gasteiger partial charge in [0.25, 0.3) is 0 Å². The Morgan fingerprint density at radius 3 is 2.84 bits per heavy atom. The normalized spacial score (nSPS) is 21.1. The van der Waals surface area contributed by atoms with Crippen LogP contribution in [0.4, 0.5) is 4.79 Å². The van der Waals surface area contributed by atoms with E-state index in [4.69, 9.17) is 0 Å². The summed E-state index contributed by atoms with van der Waals surface area (Å²) in [5.41, 5.74) is 0. The van der Waals surface area contributed by atoms with Gasteiger partial charge in [0.1, 0.15) is 0 Å². The predicted octanol–water partition coefficient (Wildman–Crippen LogP) is -0.420. The van der Waals surface area contributed by atoms with Crippen molar-refractivity contribution in [2.75, 3.05) is 39.3 Å². The van der Waals surface area contributed by atoms with Gasteiger partial charge < -0.3 is 20.9 Å². The number of hydrogen-bond donors (Lipinski definition) is 3. The van der Waals surface area contributed by atoms with Gasteiger partial charge in [-0.15, -0.1) is 11.3 Å². The van der Waals surface area contributed by atoms with Crippen LogP contribution in [-0.4, -0.2) is 73.0 Å². The highest BCUT2D eigenvalue weighted by atomic mass is 32.1. The number of carbonyl (C=O) groups is 3. The fraction of sp³-hybridized carbons (Fsp3) is 0.562. The lowest BCUT2D eigenvalue weighted by Gasteiger charge is -2.34. The third kappa shape index (κ3) is 4.70. The van der Waals surface area contributed by atoms with Crippen molar-refractivity contribution in [3.05, 3.63) is 22.4 Å². The molecule has 2 saturated heterocycles. The van der Waals surface area contributed by atoms with Gasteiger partial charge in [0.05, 0.1) is 12.5 Å². The molecule has 1 aromatic rings. The fourth-order valence-electron chi connectivity index (χ4n) is 3.08. The van der Waals surface area contributed by atoms with E-state index in [1.54, 1.807) is 16.2 Å². The highest BCUT2D eigenvalue weighted by molar-refractivity contribution is 7.09. The zero-order valence-corrected chi connectivity index (χ0v) is 14.8. The minimum Gasteiger partial charge on any atom is -0.354 e. The third-order valence-corrected chi connectivity index (χ3v) is 5.27. The molecule has 0 saturated carbocycles. The van der Waals surface area contributed by atoms with Gasteiger partial charge in [-0.1, -0.05) is 6.07 Å². The molecule has 25 heavy (non-hydrogen) atoms. The Morgan fingerprint density at radius 2 is 2.12 bits per heavy atom. The van der Waals surface area contributed by atoms with E-state index in [1.807, 2.05) is 17.5 Å². The van der Waals surface area contributed by atoms with Crippen molar-refractivity contribution < 1.29 is 14.4 Å². The molecule has 3 heterocycles. The Hall–Kier alpha value is -2.13. The lowest BCUT2D eigenvalue weighted by Crippen LogP contribution is -2.56. The molecular formula is C16H23N5O3S. The van der Waals surface area contributed by atoms with Gasteiger partial charge in [0.2, 0.25) is 11.8 Å². The van der Waals surface area contributed by atoms with Crippen LogP contribution in [0.1, 0.15) is 11.3 Å². The average molecular weight is 365 g/mol. The smallest absolute Gasteiger partial charge is 0.317 e. The number of amides is 4. The van der Waals surface area contributed by atoms with Crippen molar-refractivity contribution >= 4 is 29.2 Å². The topological polar surface area (TPSA) is 93.8 Å². The van der Waals surface area contributed by atoms with Crippen molar-refractivity contribution in [3.8, 4) is 0 Å². The average Bonchev–Trinajstić information content (AvgIpc) is 3.23. The number of nitrogens with one attached hydrogen (secondary N) is 3. The number of urea groups is 1. The van der Waals surface area contributed by atoms with Crippen LogP contribution < -0.4 is 16.0 Å². The number of carbonyl (C=O) groups excluding carboxylic acids is 3. The summed E-state index contributed by atoms with van der Waals surface area (Å²) in [6.45, 7) is 4.19. The summed E-state index contributed by atoms with van der Waals surface area (Å²) in [5, 5.41) is 10.4. The molecule has 2 aliphatic rings. The highest BCUT2D eigenvalue weighted by Gasteiger charge is 2.31. The van der Waals surface area contributed by atoms with Gasteiger partial charge >= 0.3 is 6.03 Å². The van der Waals surface area contributed by atoms with Crippen LogP contribution in [0.15, 0.2) is 17.5 Å². The first-order chi connectivity index (χ1) is 12.1. The second kappa shape index (κ2) is 8.30. The molecule has 3 N–H and O–H groups in total. The van der Waals surface area contributed by atoms with E-state index in [-0.39, 0.29) is 24.3 Å². The fourth-order valence-corrected chi connectivity index (χ4v) is 3.81. The first-order valence-corrected chi connectivity index (χ1v) is 9.35. The number of thiophene rings is 1. The van der Waals surface area contributed by atoms with Crippen LogP contribution in [0.3, 0.4) is 0 Å². The molecule has 4 amide bonds. The van der Waals surface area contributed by atoms with E-state index in [0.717, 1.165) is 6.54 Å². The standard InChI is InChI=1S/C16H23N5O3S/c22-14(17-3-6-20-7-5-19-16(20)24)10-13-15(23)18-4-8-21(13)11-12-2-1-9-25-12/h1-2,9,13H,3-8,10-11H2,(H,17,22)(H,18,23)(H,19,24). The molecule has 2 aliphatic heterocycles. The second-order valence-corrected chi connectivity index (χ2v) is 7.16. The summed E-state index contributed by atoms with van der Waals surface area (Å²) < 4.78 is 0. The zero-order chi connectivity index (χ0) is 17.6. The molecule has 9 heteroatoms. The number of hydrogen-bond acceptors (Lipinski definition) is 5. The van der Waals surface area contributed by atoms with Gasteiger partial charge in [-0.2, -0.15) is 0 Å². The first-order valence-electron chi connectivity index (χ1n) is 8.47. The lowest BCUT2D eigenvalue weighted by atomic mass is 10.1. The van der Waals surface area contributed by atoms with Crippen LogP contribution in [0.5, 0.6) is 0 Å². The number of rotatable bonds is 7. The van der Waals surface area contributed by atoms with E-state index in [2.05, 4.69) is 20.9 Å². The Bertz CT molecular complexity index is 621. The molecule has 1 atom stereocenters. The van der Waals surface area contributed by atoms with E-state index < -0.39 is 6.04 Å². The molecule has 1 unspecified atom stereocenters. The predicted molar refractivity (Wildman–Crippen MR) is 94.1 cm³/mol. The summed E-state index contributed by atoms with van der Waals surface area (Å²) in [7, 11) is 0. The minimum atomic E-state index is -0.453. The minimum absolute atomic E-state index is 0.0944. The monoisotopic (exact) mass is 365 g/mol. The quantitative estimate of drug-likeness (QED) is 0.612. The van der Waals surface area contributed by atoms with Crippen molar-refractivity contribution in [1.82, 2.24) is 25.8 Å². The molecule has 0 radical (unpaired) electrons. The maximum atomic E-state index is 12.2. The summed E-state index contributed by atoms with van der Waals surface area (Å²) >= 11 is 1.65. The molecule has 0 bridgehead atoms. The molecule has 1 aromatic heterocycles. The Morgan fingerprint density at radius 1 is 1.28 bits per heavy atom. The molecule has 0 aromatic carbocycles. The first kappa shape index (κ1) is 17.7. The zero-order valence-electron chi connectivity index (χ0n) is 14.0. The van der Waals surface area contributed by atoms with Crippen LogP contribution in [0.25, 0.3) is 0 Å². The van der Waals surface area contributed by atoms with E-state index in [0.29, 0.717) is 39.3 Å². The lowest BCUT2D eigenvalue weighted by molar-refractivity contribution is -0.134. The molecule has 136 valence electrons. The molecule has 0 spiro atoms. The number of piperazine rings is 1. The summed E-state index contributed by atoms with van der Waals surface area (Å²) in [4.78, 5) is 40.8. The van der Waals surface area contributed by atoms with Gasteiger partial charge in [0, 0.05) is 50.7 Å². The maximum Gasteiger partial charge on any atom is 0.317 e. The molecule has 2 fully saturated rings. The summed E-state index contributed by atoms with van der Waals surface area (Å²) in [6, 6.07) is 3.48. The molecular weight excluding hydrogens is 342 g/mol. The van der Waals surface area contributed by atoms with Crippen molar-refractivity contribution in [3.63, 3.8) is 0 Å². The van der Waals surface area contributed by atoms with Crippen molar-refractivity contribution in [2.45, 2.75) is 19.0 Å². The molecule has 0 aliphatic carbocycles. The maximum absolute atomic E-state index is 12.2. The summed E-state index contributed by atoms with van der Waals surface area (Å²) in [5.74, 6) is -0.269. The van der Waals surface area contributed by atoms with Gasteiger partial charge in [-0.3, -0.25) is 14.5 Å². The van der Waals surface area contributed by atoms with Gasteiger partial charge in [-0.25, -0.2) is 4.79 Å². The van der Waals surface area contributed by atoms with Crippen molar-refractivity contribution in [1.29, 1.82) is 0 Å². The van der Waals surface area contributed by atoms with Gasteiger partial charge in [-0.05, 0) is 11.4 Å². The van der Waals surface area contributed by atoms with Crippen LogP contribution >= 0.6 is 11.3 Å². The van der Waals surface area contributed by atoms with E-state index >= 15 is 0 Å². The van der Waals surface area contributed by atoms with E-state index in [9.17, 15) is 14.4 Å². The third-order valence-electron chi connectivity index (χ3n) is 4.41. The van der Waals surface area contributed by atoms with E-state index in [1.165, 1.54) is 4.88 Å². The van der Waals surface area contributed by atoms with Crippen LogP contribution in [0.2, 0.25) is 0 Å². The number of nitrogens with zero attached hydrogens (tertiary/aromatic N) is 2. The van der Waals surface area contributed by atoms with Crippen LogP contribution in [-0.2, 0) is 16.1 Å². The largest absolute Gasteiger partial charge is 0.354 e. The van der Waals surface area contributed by atoms with Crippen molar-refractivity contribution in [2.24, 2.45) is 0 Å². The Balaban J connectivity index is 1.48. The SMILES string of the molecule is O=C(CC1C(=O)NCCN1Cc1cccs1)NCCN1CCNC1=O. The van der Waals surface area contributed by atoms with Gasteiger partial charge in [0.15, 0.2) is 0 Å². The Kier molecular flexibility index (Phi) is 5.87. The van der Waals surface area contributed by atoms with Crippen LogP contribution in [0, 0.1) is 0 Å².